The third-order valence-corrected chi connectivity index (χ3v) is 4.33. The second-order valence-electron chi connectivity index (χ2n) is 5.76. The summed E-state index contributed by atoms with van der Waals surface area (Å²) in [7, 11) is 0. The van der Waals surface area contributed by atoms with Gasteiger partial charge in [-0.25, -0.2) is 9.97 Å². The summed E-state index contributed by atoms with van der Waals surface area (Å²) in [5, 5.41) is 18.3. The van der Waals surface area contributed by atoms with E-state index in [4.69, 9.17) is 23.2 Å². The molecule has 3 aromatic rings. The number of aromatic nitrogens is 2. The fourth-order valence-corrected chi connectivity index (χ4v) is 2.72. The van der Waals surface area contributed by atoms with Gasteiger partial charge in [0.25, 0.3) is 0 Å². The van der Waals surface area contributed by atoms with Gasteiger partial charge in [-0.3, -0.25) is 10.1 Å². The lowest BCUT2D eigenvalue weighted by molar-refractivity contribution is -0.383. The van der Waals surface area contributed by atoms with E-state index in [9.17, 15) is 10.1 Å². The highest BCUT2D eigenvalue weighted by Gasteiger charge is 2.23. The van der Waals surface area contributed by atoms with Crippen LogP contribution in [0.15, 0.2) is 48.8 Å². The first-order chi connectivity index (χ1) is 12.9. The molecule has 0 bridgehead atoms. The maximum absolute atomic E-state index is 11.6. The monoisotopic (exact) mass is 403 g/mol. The number of nitro groups is 1. The molecule has 0 spiro atoms. The topological polar surface area (TPSA) is 93.0 Å². The first-order valence-electron chi connectivity index (χ1n) is 7.95. The summed E-state index contributed by atoms with van der Waals surface area (Å²) < 4.78 is 0. The highest BCUT2D eigenvalue weighted by Crippen LogP contribution is 2.34. The van der Waals surface area contributed by atoms with Crippen molar-refractivity contribution < 1.29 is 4.92 Å². The van der Waals surface area contributed by atoms with Gasteiger partial charge in [0.2, 0.25) is 11.6 Å². The van der Waals surface area contributed by atoms with Crippen molar-refractivity contribution in [2.45, 2.75) is 13.5 Å². The van der Waals surface area contributed by atoms with Gasteiger partial charge in [-0.2, -0.15) is 0 Å². The Kier molecular flexibility index (Phi) is 5.73. The van der Waals surface area contributed by atoms with Gasteiger partial charge in [0.1, 0.15) is 6.33 Å². The maximum atomic E-state index is 11.6. The number of hydrogen-bond acceptors (Lipinski definition) is 6. The molecule has 0 saturated heterocycles. The SMILES string of the molecule is Cc1ccc(CNc2ncnc(Nc3cc(Cl)ccc3Cl)c2[N+](=O)[O-])cc1. The van der Waals surface area contributed by atoms with Crippen LogP contribution in [0.4, 0.5) is 23.0 Å². The van der Waals surface area contributed by atoms with Crippen molar-refractivity contribution in [3.63, 3.8) is 0 Å². The van der Waals surface area contributed by atoms with Crippen LogP contribution < -0.4 is 10.6 Å². The Balaban J connectivity index is 1.89. The quantitative estimate of drug-likeness (QED) is 0.425. The number of hydrogen-bond donors (Lipinski definition) is 2. The van der Waals surface area contributed by atoms with Gasteiger partial charge in [-0.05, 0) is 30.7 Å². The van der Waals surface area contributed by atoms with Gasteiger partial charge in [0, 0.05) is 11.6 Å². The molecule has 9 heteroatoms. The summed E-state index contributed by atoms with van der Waals surface area (Å²) in [5.41, 5.74) is 2.24. The minimum absolute atomic E-state index is 0.0190. The first kappa shape index (κ1) is 18.9. The summed E-state index contributed by atoms with van der Waals surface area (Å²) in [5.74, 6) is 0.127. The van der Waals surface area contributed by atoms with Crippen molar-refractivity contribution in [2.24, 2.45) is 0 Å². The van der Waals surface area contributed by atoms with Crippen LogP contribution in [0.25, 0.3) is 0 Å². The van der Waals surface area contributed by atoms with E-state index in [1.165, 1.54) is 6.33 Å². The lowest BCUT2D eigenvalue weighted by Crippen LogP contribution is -2.08. The molecule has 27 heavy (non-hydrogen) atoms. The van der Waals surface area contributed by atoms with E-state index in [1.54, 1.807) is 18.2 Å². The molecule has 0 amide bonds. The predicted octanol–water partition coefficient (Wildman–Crippen LogP) is 5.36. The second-order valence-corrected chi connectivity index (χ2v) is 6.61. The molecule has 0 aliphatic carbocycles. The van der Waals surface area contributed by atoms with E-state index in [0.29, 0.717) is 22.3 Å². The molecule has 0 radical (unpaired) electrons. The number of benzene rings is 2. The van der Waals surface area contributed by atoms with Crippen LogP contribution >= 0.6 is 23.2 Å². The van der Waals surface area contributed by atoms with Crippen LogP contribution in [-0.4, -0.2) is 14.9 Å². The summed E-state index contributed by atoms with van der Waals surface area (Å²) in [4.78, 5) is 19.1. The van der Waals surface area contributed by atoms with E-state index in [2.05, 4.69) is 20.6 Å². The zero-order valence-electron chi connectivity index (χ0n) is 14.2. The normalized spacial score (nSPS) is 10.5. The molecule has 138 valence electrons. The Bertz CT molecular complexity index is 980. The molecule has 0 aliphatic rings. The highest BCUT2D eigenvalue weighted by molar-refractivity contribution is 6.35. The highest BCUT2D eigenvalue weighted by atomic mass is 35.5. The number of nitrogens with zero attached hydrogens (tertiary/aromatic N) is 3. The minimum atomic E-state index is -0.543. The van der Waals surface area contributed by atoms with Crippen LogP contribution in [0, 0.1) is 17.0 Å². The molecule has 2 aromatic carbocycles. The van der Waals surface area contributed by atoms with Crippen molar-refractivity contribution >= 4 is 46.2 Å². The Morgan fingerprint density at radius 1 is 1.07 bits per heavy atom. The molecule has 0 fully saturated rings. The van der Waals surface area contributed by atoms with Crippen LogP contribution in [-0.2, 0) is 6.54 Å². The number of anilines is 3. The lowest BCUT2D eigenvalue weighted by atomic mass is 10.1. The average molecular weight is 404 g/mol. The smallest absolute Gasteiger partial charge is 0.353 e. The summed E-state index contributed by atoms with van der Waals surface area (Å²) in [6.45, 7) is 2.38. The third-order valence-electron chi connectivity index (χ3n) is 3.77. The second kappa shape index (κ2) is 8.20. The van der Waals surface area contributed by atoms with Crippen LogP contribution in [0.1, 0.15) is 11.1 Å². The van der Waals surface area contributed by atoms with E-state index in [1.807, 2.05) is 31.2 Å². The lowest BCUT2D eigenvalue weighted by Gasteiger charge is -2.11. The summed E-state index contributed by atoms with van der Waals surface area (Å²) >= 11 is 12.1. The molecule has 7 nitrogen and oxygen atoms in total. The van der Waals surface area contributed by atoms with Crippen LogP contribution in [0.5, 0.6) is 0 Å². The zero-order valence-corrected chi connectivity index (χ0v) is 15.8. The zero-order chi connectivity index (χ0) is 19.4. The maximum Gasteiger partial charge on any atom is 0.353 e. The molecular weight excluding hydrogens is 389 g/mol. The van der Waals surface area contributed by atoms with Gasteiger partial charge in [-0.1, -0.05) is 53.0 Å². The number of halogens is 2. The van der Waals surface area contributed by atoms with Crippen molar-refractivity contribution in [1.82, 2.24) is 9.97 Å². The molecule has 1 heterocycles. The van der Waals surface area contributed by atoms with Gasteiger partial charge in [0.15, 0.2) is 0 Å². The standard InChI is InChI=1S/C18H15Cl2N5O2/c1-11-2-4-12(5-3-11)9-21-17-16(25(26)27)18(23-10-22-17)24-15-8-13(19)6-7-14(15)20/h2-8,10H,9H2,1H3,(H2,21,22,23,24). The van der Waals surface area contributed by atoms with E-state index in [0.717, 1.165) is 11.1 Å². The largest absolute Gasteiger partial charge is 0.360 e. The van der Waals surface area contributed by atoms with Gasteiger partial charge in [-0.15, -0.1) is 0 Å². The number of aryl methyl sites for hydroxylation is 1. The van der Waals surface area contributed by atoms with Crippen molar-refractivity contribution in [1.29, 1.82) is 0 Å². The minimum Gasteiger partial charge on any atom is -0.360 e. The molecule has 3 rings (SSSR count). The summed E-state index contributed by atoms with van der Waals surface area (Å²) in [6.07, 6.45) is 1.24. The molecule has 0 atom stereocenters. The Hall–Kier alpha value is -2.90. The van der Waals surface area contributed by atoms with Crippen molar-refractivity contribution in [2.75, 3.05) is 10.6 Å². The molecule has 0 aliphatic heterocycles. The van der Waals surface area contributed by atoms with Crippen molar-refractivity contribution in [3.8, 4) is 0 Å². The first-order valence-corrected chi connectivity index (χ1v) is 8.70. The molecule has 0 unspecified atom stereocenters. The van der Waals surface area contributed by atoms with E-state index in [-0.39, 0.29) is 17.3 Å². The number of rotatable bonds is 6. The Labute approximate surface area is 165 Å². The van der Waals surface area contributed by atoms with Gasteiger partial charge in [0.05, 0.1) is 15.6 Å². The Morgan fingerprint density at radius 3 is 2.48 bits per heavy atom. The van der Waals surface area contributed by atoms with Crippen molar-refractivity contribution in [3.05, 3.63) is 80.1 Å². The molecule has 2 N–H and O–H groups in total. The van der Waals surface area contributed by atoms with E-state index < -0.39 is 4.92 Å². The third kappa shape index (κ3) is 4.64. The fraction of sp³-hybridized carbons (Fsp3) is 0.111. The van der Waals surface area contributed by atoms with Gasteiger partial charge < -0.3 is 10.6 Å². The van der Waals surface area contributed by atoms with E-state index >= 15 is 0 Å². The molecule has 1 aromatic heterocycles. The predicted molar refractivity (Wildman–Crippen MR) is 107 cm³/mol. The Morgan fingerprint density at radius 2 is 1.78 bits per heavy atom. The molecular formula is C18H15Cl2N5O2. The number of nitrogens with one attached hydrogen (secondary N) is 2. The van der Waals surface area contributed by atoms with Crippen LogP contribution in [0.2, 0.25) is 10.0 Å². The molecule has 0 saturated carbocycles. The average Bonchev–Trinajstić information content (AvgIpc) is 2.64. The van der Waals surface area contributed by atoms with Gasteiger partial charge >= 0.3 is 5.69 Å². The fourth-order valence-electron chi connectivity index (χ4n) is 2.39. The van der Waals surface area contributed by atoms with Crippen LogP contribution in [0.3, 0.4) is 0 Å². The summed E-state index contributed by atoms with van der Waals surface area (Å²) in [6, 6.07) is 12.6.